The van der Waals surface area contributed by atoms with Crippen molar-refractivity contribution in [3.05, 3.63) is 64.9 Å². The van der Waals surface area contributed by atoms with Crippen LogP contribution in [0, 0.1) is 5.82 Å². The van der Waals surface area contributed by atoms with Crippen molar-refractivity contribution in [2.45, 2.75) is 12.5 Å². The van der Waals surface area contributed by atoms with E-state index in [1.165, 1.54) is 41.4 Å². The van der Waals surface area contributed by atoms with E-state index in [1.54, 1.807) is 12.1 Å². The second-order valence-electron chi connectivity index (χ2n) is 5.88. The van der Waals surface area contributed by atoms with Crippen molar-refractivity contribution >= 4 is 40.7 Å². The first kappa shape index (κ1) is 19.3. The van der Waals surface area contributed by atoms with E-state index in [-0.39, 0.29) is 22.7 Å². The molecule has 0 aromatic heterocycles. The molecule has 0 saturated carbocycles. The van der Waals surface area contributed by atoms with Crippen LogP contribution in [-0.4, -0.2) is 29.5 Å². The average Bonchev–Trinajstić information content (AvgIpc) is 3.12. The van der Waals surface area contributed by atoms with Crippen molar-refractivity contribution in [2.24, 2.45) is 10.8 Å². The predicted molar refractivity (Wildman–Crippen MR) is 101 cm³/mol. The lowest BCUT2D eigenvalue weighted by atomic mass is 10.1. The highest BCUT2D eigenvalue weighted by molar-refractivity contribution is 6.40. The molecule has 3 amide bonds. The van der Waals surface area contributed by atoms with Crippen LogP contribution in [0.5, 0.6) is 0 Å². The zero-order valence-electron chi connectivity index (χ0n) is 14.4. The minimum atomic E-state index is -0.912. The lowest BCUT2D eigenvalue weighted by molar-refractivity contribution is -0.119. The van der Waals surface area contributed by atoms with E-state index in [4.69, 9.17) is 17.3 Å². The molecule has 1 aliphatic rings. The van der Waals surface area contributed by atoms with E-state index >= 15 is 0 Å². The van der Waals surface area contributed by atoms with E-state index in [2.05, 4.69) is 16.0 Å². The highest BCUT2D eigenvalue weighted by Crippen LogP contribution is 2.24. The summed E-state index contributed by atoms with van der Waals surface area (Å²) in [4.78, 5) is 36.2. The third kappa shape index (κ3) is 4.09. The average molecular weight is 404 g/mol. The molecular weight excluding hydrogens is 389 g/mol. The molecular formula is C18H15ClFN5O3. The van der Waals surface area contributed by atoms with Gasteiger partial charge in [-0.05, 0) is 36.4 Å². The Bertz CT molecular complexity index is 964. The lowest BCUT2D eigenvalue weighted by Crippen LogP contribution is -2.45. The molecule has 1 atom stereocenters. The molecule has 1 heterocycles. The number of nitrogens with zero attached hydrogens (tertiary/aromatic N) is 2. The van der Waals surface area contributed by atoms with E-state index in [1.807, 2.05) is 0 Å². The molecule has 8 nitrogen and oxygen atoms in total. The quantitative estimate of drug-likeness (QED) is 0.668. The number of carbonyl (C=O) groups excluding carboxylic acids is 3. The number of benzene rings is 2. The third-order valence-electron chi connectivity index (χ3n) is 4.00. The van der Waals surface area contributed by atoms with Crippen molar-refractivity contribution < 1.29 is 18.8 Å². The van der Waals surface area contributed by atoms with E-state index in [0.717, 1.165) is 0 Å². The highest BCUT2D eigenvalue weighted by atomic mass is 35.5. The SMILES string of the molecule is NC(=O)[C@H]1CC(C(=O)NNC(=O)c2ccccc2Cl)=NN1c1ccc(F)cc1. The summed E-state index contributed by atoms with van der Waals surface area (Å²) in [7, 11) is 0. The summed E-state index contributed by atoms with van der Waals surface area (Å²) in [5.74, 6) is -2.48. The Kier molecular flexibility index (Phi) is 5.55. The number of hydrogen-bond donors (Lipinski definition) is 3. The van der Waals surface area contributed by atoms with Gasteiger partial charge < -0.3 is 5.73 Å². The van der Waals surface area contributed by atoms with Crippen molar-refractivity contribution in [3.8, 4) is 0 Å². The highest BCUT2D eigenvalue weighted by Gasteiger charge is 2.35. The minimum absolute atomic E-state index is 0.0208. The van der Waals surface area contributed by atoms with Gasteiger partial charge in [-0.1, -0.05) is 23.7 Å². The molecule has 28 heavy (non-hydrogen) atoms. The van der Waals surface area contributed by atoms with Gasteiger partial charge in [0, 0.05) is 6.42 Å². The Morgan fingerprint density at radius 2 is 1.71 bits per heavy atom. The van der Waals surface area contributed by atoms with Crippen LogP contribution >= 0.6 is 11.6 Å². The number of carbonyl (C=O) groups is 3. The smallest absolute Gasteiger partial charge is 0.285 e. The fraction of sp³-hybridized carbons (Fsp3) is 0.111. The summed E-state index contributed by atoms with van der Waals surface area (Å²) < 4.78 is 13.1. The number of rotatable bonds is 4. The summed E-state index contributed by atoms with van der Waals surface area (Å²) in [6, 6.07) is 10.6. The third-order valence-corrected chi connectivity index (χ3v) is 4.33. The zero-order chi connectivity index (χ0) is 20.3. The lowest BCUT2D eigenvalue weighted by Gasteiger charge is -2.20. The van der Waals surface area contributed by atoms with Gasteiger partial charge in [0.1, 0.15) is 17.6 Å². The normalized spacial score (nSPS) is 15.7. The molecule has 0 saturated heterocycles. The number of anilines is 1. The van der Waals surface area contributed by atoms with Crippen LogP contribution in [-0.2, 0) is 9.59 Å². The van der Waals surface area contributed by atoms with Crippen molar-refractivity contribution in [1.82, 2.24) is 10.9 Å². The van der Waals surface area contributed by atoms with Crippen molar-refractivity contribution in [3.63, 3.8) is 0 Å². The number of halogens is 2. The topological polar surface area (TPSA) is 117 Å². The maximum atomic E-state index is 13.1. The predicted octanol–water partition coefficient (Wildman–Crippen LogP) is 1.36. The van der Waals surface area contributed by atoms with Gasteiger partial charge in [0.05, 0.1) is 16.3 Å². The number of nitrogens with one attached hydrogen (secondary N) is 2. The van der Waals surface area contributed by atoms with Gasteiger partial charge in [-0.2, -0.15) is 5.10 Å². The molecule has 2 aromatic carbocycles. The fourth-order valence-electron chi connectivity index (χ4n) is 2.60. The number of hydrazine groups is 1. The van der Waals surface area contributed by atoms with Crippen LogP contribution in [0.15, 0.2) is 53.6 Å². The Morgan fingerprint density at radius 3 is 2.36 bits per heavy atom. The Labute approximate surface area is 164 Å². The van der Waals surface area contributed by atoms with Crippen molar-refractivity contribution in [2.75, 3.05) is 5.01 Å². The fourth-order valence-corrected chi connectivity index (χ4v) is 2.82. The maximum Gasteiger partial charge on any atom is 0.285 e. The summed E-state index contributed by atoms with van der Waals surface area (Å²) >= 11 is 5.93. The van der Waals surface area contributed by atoms with Crippen LogP contribution in [0.3, 0.4) is 0 Å². The Hall–Kier alpha value is -3.46. The number of nitrogens with two attached hydrogens (primary N) is 1. The zero-order valence-corrected chi connectivity index (χ0v) is 15.1. The van der Waals surface area contributed by atoms with Gasteiger partial charge in [0.2, 0.25) is 5.91 Å². The van der Waals surface area contributed by atoms with Crippen molar-refractivity contribution in [1.29, 1.82) is 0 Å². The summed E-state index contributed by atoms with van der Waals surface area (Å²) in [5.41, 5.74) is 10.4. The summed E-state index contributed by atoms with van der Waals surface area (Å²) in [6.45, 7) is 0. The summed E-state index contributed by atoms with van der Waals surface area (Å²) in [5, 5.41) is 5.56. The van der Waals surface area contributed by atoms with Gasteiger partial charge in [-0.3, -0.25) is 30.2 Å². The largest absolute Gasteiger partial charge is 0.368 e. The number of hydrazone groups is 1. The number of primary amides is 1. The first-order valence-electron chi connectivity index (χ1n) is 8.13. The first-order valence-corrected chi connectivity index (χ1v) is 8.51. The van der Waals surface area contributed by atoms with E-state index in [9.17, 15) is 18.8 Å². The van der Waals surface area contributed by atoms with Crippen LogP contribution in [0.25, 0.3) is 0 Å². The molecule has 144 valence electrons. The van der Waals surface area contributed by atoms with E-state index in [0.29, 0.717) is 5.69 Å². The first-order chi connectivity index (χ1) is 13.4. The minimum Gasteiger partial charge on any atom is -0.368 e. The van der Waals surface area contributed by atoms with Crippen LogP contribution in [0.2, 0.25) is 5.02 Å². The molecule has 1 aliphatic heterocycles. The molecule has 0 aliphatic carbocycles. The van der Waals surface area contributed by atoms with Gasteiger partial charge in [-0.25, -0.2) is 4.39 Å². The van der Waals surface area contributed by atoms with Crippen LogP contribution in [0.1, 0.15) is 16.8 Å². The summed E-state index contributed by atoms with van der Waals surface area (Å²) in [6.07, 6.45) is -0.0689. The Balaban J connectivity index is 1.71. The van der Waals surface area contributed by atoms with Crippen LogP contribution < -0.4 is 21.6 Å². The van der Waals surface area contributed by atoms with Gasteiger partial charge in [0.15, 0.2) is 0 Å². The molecule has 10 heteroatoms. The molecule has 0 radical (unpaired) electrons. The molecule has 0 unspecified atom stereocenters. The second-order valence-corrected chi connectivity index (χ2v) is 6.29. The number of amides is 3. The Morgan fingerprint density at radius 1 is 1.07 bits per heavy atom. The van der Waals surface area contributed by atoms with Crippen LogP contribution in [0.4, 0.5) is 10.1 Å². The molecule has 2 aromatic rings. The number of hydrogen-bond acceptors (Lipinski definition) is 5. The molecule has 0 spiro atoms. The molecule has 3 rings (SSSR count). The van der Waals surface area contributed by atoms with Gasteiger partial charge in [-0.15, -0.1) is 0 Å². The second kappa shape index (κ2) is 8.05. The monoisotopic (exact) mass is 403 g/mol. The molecule has 0 fully saturated rings. The standard InChI is InChI=1S/C18H15ClFN5O3/c19-13-4-2-1-3-12(13)17(27)22-23-18(28)14-9-15(16(21)26)25(24-14)11-7-5-10(20)6-8-11/h1-8,15H,9H2,(H2,21,26)(H,22,27)(H,23,28)/t15-/m1/s1. The molecule has 0 bridgehead atoms. The molecule has 4 N–H and O–H groups in total. The van der Waals surface area contributed by atoms with Gasteiger partial charge in [0.25, 0.3) is 11.8 Å². The van der Waals surface area contributed by atoms with Gasteiger partial charge >= 0.3 is 0 Å². The maximum absolute atomic E-state index is 13.1. The van der Waals surface area contributed by atoms with E-state index < -0.39 is 29.6 Å².